The SMILES string of the molecule is O=C(NCc1ccccn1)C1CC(=O)N(c2ccc(C(F)(F)F)cc2)C1. The third kappa shape index (κ3) is 4.01. The number of nitrogens with one attached hydrogen (secondary N) is 1. The van der Waals surface area contributed by atoms with E-state index in [4.69, 9.17) is 0 Å². The molecule has 0 saturated carbocycles. The van der Waals surface area contributed by atoms with E-state index in [9.17, 15) is 22.8 Å². The second-order valence-electron chi connectivity index (χ2n) is 5.99. The first-order valence-electron chi connectivity index (χ1n) is 8.00. The summed E-state index contributed by atoms with van der Waals surface area (Å²) in [5.74, 6) is -1.12. The van der Waals surface area contributed by atoms with Crippen LogP contribution in [0.5, 0.6) is 0 Å². The van der Waals surface area contributed by atoms with Gasteiger partial charge >= 0.3 is 6.18 Å². The Hall–Kier alpha value is -2.90. The van der Waals surface area contributed by atoms with E-state index < -0.39 is 17.7 Å². The lowest BCUT2D eigenvalue weighted by Crippen LogP contribution is -2.32. The van der Waals surface area contributed by atoms with E-state index in [0.717, 1.165) is 12.1 Å². The van der Waals surface area contributed by atoms with Crippen LogP contribution in [0.1, 0.15) is 17.7 Å². The van der Waals surface area contributed by atoms with E-state index >= 15 is 0 Å². The molecule has 3 rings (SSSR count). The fraction of sp³-hybridized carbons (Fsp3) is 0.278. The highest BCUT2D eigenvalue weighted by Crippen LogP contribution is 2.32. The lowest BCUT2D eigenvalue weighted by molar-refractivity contribution is -0.137. The summed E-state index contributed by atoms with van der Waals surface area (Å²) < 4.78 is 37.9. The molecule has 1 N–H and O–H groups in total. The maximum absolute atomic E-state index is 12.6. The van der Waals surface area contributed by atoms with E-state index in [1.807, 2.05) is 0 Å². The smallest absolute Gasteiger partial charge is 0.350 e. The van der Waals surface area contributed by atoms with Crippen LogP contribution in [0.2, 0.25) is 0 Å². The molecule has 136 valence electrons. The van der Waals surface area contributed by atoms with Gasteiger partial charge in [0.25, 0.3) is 0 Å². The summed E-state index contributed by atoms with van der Waals surface area (Å²) in [7, 11) is 0. The molecule has 1 aromatic carbocycles. The van der Waals surface area contributed by atoms with Gasteiger partial charge in [0.05, 0.1) is 23.7 Å². The topological polar surface area (TPSA) is 62.3 Å². The fourth-order valence-corrected chi connectivity index (χ4v) is 2.79. The number of hydrogen-bond acceptors (Lipinski definition) is 3. The van der Waals surface area contributed by atoms with Gasteiger partial charge in [-0.25, -0.2) is 0 Å². The molecular formula is C18H16F3N3O2. The molecule has 2 heterocycles. The van der Waals surface area contributed by atoms with Crippen molar-refractivity contribution in [1.29, 1.82) is 0 Å². The van der Waals surface area contributed by atoms with Gasteiger partial charge in [-0.2, -0.15) is 13.2 Å². The molecule has 1 aromatic heterocycles. The first-order chi connectivity index (χ1) is 12.3. The van der Waals surface area contributed by atoms with Crippen LogP contribution < -0.4 is 10.2 Å². The number of amides is 2. The van der Waals surface area contributed by atoms with Crippen molar-refractivity contribution >= 4 is 17.5 Å². The summed E-state index contributed by atoms with van der Waals surface area (Å²) in [6.07, 6.45) is -2.79. The number of nitrogens with zero attached hydrogens (tertiary/aromatic N) is 2. The third-order valence-corrected chi connectivity index (χ3v) is 4.17. The van der Waals surface area contributed by atoms with Crippen molar-refractivity contribution in [3.05, 3.63) is 59.9 Å². The van der Waals surface area contributed by atoms with Gasteiger partial charge in [-0.1, -0.05) is 6.07 Å². The lowest BCUT2D eigenvalue weighted by atomic mass is 10.1. The standard InChI is InChI=1S/C18H16F3N3O2/c19-18(20,21)13-4-6-15(7-5-13)24-11-12(9-16(24)25)17(26)23-10-14-3-1-2-8-22-14/h1-8,12H,9-11H2,(H,23,26). The van der Waals surface area contributed by atoms with Gasteiger partial charge in [0, 0.05) is 24.8 Å². The highest BCUT2D eigenvalue weighted by molar-refractivity contribution is 6.00. The predicted molar refractivity (Wildman–Crippen MR) is 88.0 cm³/mol. The molecule has 8 heteroatoms. The van der Waals surface area contributed by atoms with Gasteiger partial charge in [0.15, 0.2) is 0 Å². The van der Waals surface area contributed by atoms with Crippen LogP contribution in [-0.4, -0.2) is 23.3 Å². The van der Waals surface area contributed by atoms with Gasteiger partial charge < -0.3 is 10.2 Å². The number of alkyl halides is 3. The number of pyridine rings is 1. The summed E-state index contributed by atoms with van der Waals surface area (Å²) in [5, 5.41) is 2.73. The molecule has 0 spiro atoms. The van der Waals surface area contributed by atoms with Crippen LogP contribution in [0.15, 0.2) is 48.7 Å². The minimum atomic E-state index is -4.43. The van der Waals surface area contributed by atoms with E-state index in [2.05, 4.69) is 10.3 Å². The average molecular weight is 363 g/mol. The van der Waals surface area contributed by atoms with Gasteiger partial charge in [0.1, 0.15) is 0 Å². The maximum Gasteiger partial charge on any atom is 0.416 e. The zero-order valence-electron chi connectivity index (χ0n) is 13.7. The van der Waals surface area contributed by atoms with Crippen LogP contribution in [0.25, 0.3) is 0 Å². The quantitative estimate of drug-likeness (QED) is 0.909. The van der Waals surface area contributed by atoms with Gasteiger partial charge in [-0.3, -0.25) is 14.6 Å². The first kappa shape index (κ1) is 17.9. The number of benzene rings is 1. The molecule has 0 aliphatic carbocycles. The monoisotopic (exact) mass is 363 g/mol. The van der Waals surface area contributed by atoms with Crippen LogP contribution in [0.3, 0.4) is 0 Å². The molecule has 2 aromatic rings. The summed E-state index contributed by atoms with van der Waals surface area (Å²) in [4.78, 5) is 29.9. The molecule has 5 nitrogen and oxygen atoms in total. The maximum atomic E-state index is 12.6. The number of hydrogen-bond donors (Lipinski definition) is 1. The summed E-state index contributed by atoms with van der Waals surface area (Å²) in [5.41, 5.74) is 0.269. The second kappa shape index (κ2) is 7.15. The molecule has 2 amide bonds. The Kier molecular flexibility index (Phi) is 4.92. The molecule has 1 aliphatic heterocycles. The average Bonchev–Trinajstić information content (AvgIpc) is 3.02. The molecular weight excluding hydrogens is 347 g/mol. The number of carbonyl (C=O) groups excluding carboxylic acids is 2. The Morgan fingerprint density at radius 2 is 1.92 bits per heavy atom. The molecule has 1 aliphatic rings. The van der Waals surface area contributed by atoms with Crippen molar-refractivity contribution in [3.63, 3.8) is 0 Å². The number of anilines is 1. The van der Waals surface area contributed by atoms with E-state index in [-0.39, 0.29) is 31.3 Å². The van der Waals surface area contributed by atoms with Crippen LogP contribution >= 0.6 is 0 Å². The molecule has 1 unspecified atom stereocenters. The van der Waals surface area contributed by atoms with Crippen molar-refractivity contribution in [2.24, 2.45) is 5.92 Å². The summed E-state index contributed by atoms with van der Waals surface area (Å²) in [6, 6.07) is 9.69. The predicted octanol–water partition coefficient (Wildman–Crippen LogP) is 2.77. The Bertz CT molecular complexity index is 792. The van der Waals surface area contributed by atoms with Crippen molar-refractivity contribution < 1.29 is 22.8 Å². The van der Waals surface area contributed by atoms with Crippen LogP contribution in [0, 0.1) is 5.92 Å². The van der Waals surface area contributed by atoms with E-state index in [0.29, 0.717) is 11.4 Å². The largest absolute Gasteiger partial charge is 0.416 e. The molecule has 0 radical (unpaired) electrons. The van der Waals surface area contributed by atoms with E-state index in [1.165, 1.54) is 17.0 Å². The minimum absolute atomic E-state index is 0.0229. The zero-order chi connectivity index (χ0) is 18.7. The summed E-state index contributed by atoms with van der Waals surface area (Å²) >= 11 is 0. The Balaban J connectivity index is 1.62. The van der Waals surface area contributed by atoms with Crippen molar-refractivity contribution in [1.82, 2.24) is 10.3 Å². The van der Waals surface area contributed by atoms with Crippen molar-refractivity contribution in [2.45, 2.75) is 19.1 Å². The fourth-order valence-electron chi connectivity index (χ4n) is 2.79. The summed E-state index contributed by atoms with van der Waals surface area (Å²) in [6.45, 7) is 0.392. The second-order valence-corrected chi connectivity index (χ2v) is 5.99. The number of halogens is 3. The zero-order valence-corrected chi connectivity index (χ0v) is 13.7. The number of rotatable bonds is 4. The third-order valence-electron chi connectivity index (χ3n) is 4.17. The van der Waals surface area contributed by atoms with E-state index in [1.54, 1.807) is 24.4 Å². The van der Waals surface area contributed by atoms with Crippen LogP contribution in [-0.2, 0) is 22.3 Å². The lowest BCUT2D eigenvalue weighted by Gasteiger charge is -2.17. The van der Waals surface area contributed by atoms with Gasteiger partial charge in [-0.05, 0) is 36.4 Å². The highest BCUT2D eigenvalue weighted by atomic mass is 19.4. The molecule has 0 bridgehead atoms. The Morgan fingerprint density at radius 3 is 2.54 bits per heavy atom. The first-order valence-corrected chi connectivity index (χ1v) is 8.00. The Labute approximate surface area is 147 Å². The Morgan fingerprint density at radius 1 is 1.19 bits per heavy atom. The number of aromatic nitrogens is 1. The van der Waals surface area contributed by atoms with Crippen LogP contribution in [0.4, 0.5) is 18.9 Å². The minimum Gasteiger partial charge on any atom is -0.350 e. The molecule has 26 heavy (non-hydrogen) atoms. The molecule has 1 fully saturated rings. The number of carbonyl (C=O) groups is 2. The normalized spacial score (nSPS) is 17.4. The van der Waals surface area contributed by atoms with Crippen molar-refractivity contribution in [3.8, 4) is 0 Å². The van der Waals surface area contributed by atoms with Crippen molar-refractivity contribution in [2.75, 3.05) is 11.4 Å². The van der Waals surface area contributed by atoms with Gasteiger partial charge in [0.2, 0.25) is 11.8 Å². The van der Waals surface area contributed by atoms with Gasteiger partial charge in [-0.15, -0.1) is 0 Å². The molecule has 1 saturated heterocycles. The highest BCUT2D eigenvalue weighted by Gasteiger charge is 2.36. The molecule has 1 atom stereocenters.